The molecule has 188 valence electrons. The zero-order valence-corrected chi connectivity index (χ0v) is 21.5. The minimum Gasteiger partial charge on any atom is -0.497 e. The molecule has 5 rings (SSSR count). The largest absolute Gasteiger partial charge is 0.497 e. The number of ether oxygens (including phenoxy) is 1. The Morgan fingerprint density at radius 3 is 2.49 bits per heavy atom. The summed E-state index contributed by atoms with van der Waals surface area (Å²) < 4.78 is 11.3. The van der Waals surface area contributed by atoms with E-state index in [1.165, 1.54) is 5.56 Å². The molecule has 0 saturated heterocycles. The summed E-state index contributed by atoms with van der Waals surface area (Å²) in [7, 11) is 1.62. The third-order valence-corrected chi connectivity index (χ3v) is 6.73. The second-order valence-electron chi connectivity index (χ2n) is 9.21. The van der Waals surface area contributed by atoms with Gasteiger partial charge in [-0.25, -0.2) is 4.79 Å². The van der Waals surface area contributed by atoms with Crippen molar-refractivity contribution < 1.29 is 14.1 Å². The number of amides is 2. The van der Waals surface area contributed by atoms with Gasteiger partial charge in [0.05, 0.1) is 25.3 Å². The normalized spacial score (nSPS) is 15.6. The molecule has 1 N–H and O–H groups in total. The van der Waals surface area contributed by atoms with E-state index in [0.717, 1.165) is 39.9 Å². The lowest BCUT2D eigenvalue weighted by Crippen LogP contribution is -2.45. The van der Waals surface area contributed by atoms with Crippen LogP contribution in [0.5, 0.6) is 5.75 Å². The van der Waals surface area contributed by atoms with Gasteiger partial charge in [-0.2, -0.15) is 4.98 Å². The molecule has 1 aliphatic heterocycles. The van der Waals surface area contributed by atoms with E-state index in [4.69, 9.17) is 14.2 Å². The summed E-state index contributed by atoms with van der Waals surface area (Å²) in [6.07, 6.45) is 0.968. The van der Waals surface area contributed by atoms with E-state index >= 15 is 0 Å². The number of carbonyl (C=O) groups excluding carboxylic acids is 1. The molecule has 0 saturated carbocycles. The van der Waals surface area contributed by atoms with Crippen LogP contribution in [0.4, 0.5) is 4.79 Å². The van der Waals surface area contributed by atoms with E-state index in [-0.39, 0.29) is 6.03 Å². The number of nitrogens with one attached hydrogen (secondary N) is 1. The first-order valence-electron chi connectivity index (χ1n) is 12.4. The quantitative estimate of drug-likeness (QED) is 0.325. The number of hydrogen-bond donors (Lipinski definition) is 1. The van der Waals surface area contributed by atoms with Crippen LogP contribution in [0, 0.1) is 6.92 Å². The number of carbonyl (C=O) groups is 1. The molecule has 1 atom stereocenters. The number of aromatic nitrogens is 2. The molecule has 2 heterocycles. The number of urea groups is 1. The number of hydrogen-bond acceptors (Lipinski definition) is 5. The maximum absolute atomic E-state index is 13.4. The molecule has 4 aromatic rings. The summed E-state index contributed by atoms with van der Waals surface area (Å²) in [5.74, 6) is 1.57. The Hall–Kier alpha value is -4.39. The summed E-state index contributed by atoms with van der Waals surface area (Å²) >= 11 is 0. The molecule has 37 heavy (non-hydrogen) atoms. The predicted molar refractivity (Wildman–Crippen MR) is 143 cm³/mol. The lowest BCUT2D eigenvalue weighted by molar-refractivity contribution is 0.203. The summed E-state index contributed by atoms with van der Waals surface area (Å²) in [5, 5.41) is 7.43. The van der Waals surface area contributed by atoms with Gasteiger partial charge in [-0.05, 0) is 55.2 Å². The summed E-state index contributed by atoms with van der Waals surface area (Å²) in [5.41, 5.74) is 6.66. The van der Waals surface area contributed by atoms with E-state index in [0.29, 0.717) is 24.0 Å². The smallest absolute Gasteiger partial charge is 0.322 e. The van der Waals surface area contributed by atoms with Gasteiger partial charge in [0.1, 0.15) is 5.75 Å². The van der Waals surface area contributed by atoms with Crippen molar-refractivity contribution in [1.29, 1.82) is 0 Å². The predicted octanol–water partition coefficient (Wildman–Crippen LogP) is 6.31. The molecule has 3 aromatic carbocycles. The highest BCUT2D eigenvalue weighted by Gasteiger charge is 2.36. The van der Waals surface area contributed by atoms with Crippen LogP contribution >= 0.6 is 0 Å². The Balaban J connectivity index is 1.59. The van der Waals surface area contributed by atoms with Gasteiger partial charge in [0.2, 0.25) is 5.82 Å². The SMILES string of the molecule is CCc1ccc(CN2C(=O)NC(c3cccc(OC)c3)C(c3nc(-c4cccc(C)c4)no3)=C2C)cc1. The van der Waals surface area contributed by atoms with Crippen molar-refractivity contribution in [2.24, 2.45) is 0 Å². The molecule has 2 amide bonds. The van der Waals surface area contributed by atoms with Crippen molar-refractivity contribution in [3.63, 3.8) is 0 Å². The molecule has 7 heteroatoms. The summed E-state index contributed by atoms with van der Waals surface area (Å²) in [4.78, 5) is 19.9. The van der Waals surface area contributed by atoms with E-state index in [2.05, 4.69) is 41.7 Å². The number of rotatable bonds is 7. The first kappa shape index (κ1) is 24.3. The zero-order chi connectivity index (χ0) is 25.9. The molecule has 7 nitrogen and oxygen atoms in total. The first-order valence-corrected chi connectivity index (χ1v) is 12.4. The topological polar surface area (TPSA) is 80.5 Å². The second kappa shape index (κ2) is 10.3. The van der Waals surface area contributed by atoms with Gasteiger partial charge < -0.3 is 14.6 Å². The maximum Gasteiger partial charge on any atom is 0.322 e. The Labute approximate surface area is 216 Å². The van der Waals surface area contributed by atoms with Crippen molar-refractivity contribution >= 4 is 11.6 Å². The van der Waals surface area contributed by atoms with Gasteiger partial charge in [-0.3, -0.25) is 4.90 Å². The summed E-state index contributed by atoms with van der Waals surface area (Å²) in [6.45, 7) is 6.50. The fourth-order valence-electron chi connectivity index (χ4n) is 4.62. The average Bonchev–Trinajstić information content (AvgIpc) is 3.41. The first-order chi connectivity index (χ1) is 18.0. The van der Waals surface area contributed by atoms with Gasteiger partial charge in [-0.1, -0.05) is 72.2 Å². The van der Waals surface area contributed by atoms with E-state index in [1.807, 2.05) is 62.4 Å². The van der Waals surface area contributed by atoms with Crippen LogP contribution in [-0.2, 0) is 13.0 Å². The highest BCUT2D eigenvalue weighted by Crippen LogP contribution is 2.38. The second-order valence-corrected chi connectivity index (χ2v) is 9.21. The van der Waals surface area contributed by atoms with Crippen LogP contribution in [-0.4, -0.2) is 28.2 Å². The molecule has 0 bridgehead atoms. The van der Waals surface area contributed by atoms with Gasteiger partial charge in [0.25, 0.3) is 5.89 Å². The standard InChI is InChI=1S/C30H30N4O3/c1-5-21-12-14-22(15-13-21)18-34-20(3)26(27(31-30(34)35)23-9-7-11-25(17-23)36-4)29-32-28(33-37-29)24-10-6-8-19(2)16-24/h6-17,27H,5,18H2,1-4H3,(H,31,35). The van der Waals surface area contributed by atoms with Crippen LogP contribution < -0.4 is 10.1 Å². The van der Waals surface area contributed by atoms with Gasteiger partial charge >= 0.3 is 6.03 Å². The molecule has 0 fully saturated rings. The molecular formula is C30H30N4O3. The number of aryl methyl sites for hydroxylation is 2. The van der Waals surface area contributed by atoms with Crippen LogP contribution in [0.15, 0.2) is 83.0 Å². The molecule has 1 unspecified atom stereocenters. The number of allylic oxidation sites excluding steroid dienone is 1. The monoisotopic (exact) mass is 494 g/mol. The lowest BCUT2D eigenvalue weighted by atomic mass is 9.94. The number of nitrogens with zero attached hydrogens (tertiary/aromatic N) is 3. The number of benzene rings is 3. The van der Waals surface area contributed by atoms with Gasteiger partial charge in [0, 0.05) is 11.3 Å². The van der Waals surface area contributed by atoms with Crippen molar-refractivity contribution in [2.45, 2.75) is 39.8 Å². The average molecular weight is 495 g/mol. The van der Waals surface area contributed by atoms with Gasteiger partial charge in [0.15, 0.2) is 0 Å². The van der Waals surface area contributed by atoms with Crippen molar-refractivity contribution in [1.82, 2.24) is 20.4 Å². The fourth-order valence-corrected chi connectivity index (χ4v) is 4.62. The van der Waals surface area contributed by atoms with E-state index in [1.54, 1.807) is 12.0 Å². The maximum atomic E-state index is 13.4. The van der Waals surface area contributed by atoms with Crippen LogP contribution in [0.25, 0.3) is 17.0 Å². The summed E-state index contributed by atoms with van der Waals surface area (Å²) in [6, 6.07) is 23.3. The lowest BCUT2D eigenvalue weighted by Gasteiger charge is -2.35. The Morgan fingerprint density at radius 2 is 1.76 bits per heavy atom. The molecular weight excluding hydrogens is 464 g/mol. The molecule has 1 aliphatic rings. The highest BCUT2D eigenvalue weighted by atomic mass is 16.5. The fraction of sp³-hybridized carbons (Fsp3) is 0.233. The molecule has 1 aromatic heterocycles. The third kappa shape index (κ3) is 4.98. The van der Waals surface area contributed by atoms with Crippen LogP contribution in [0.1, 0.15) is 48.0 Å². The van der Waals surface area contributed by atoms with Crippen molar-refractivity contribution in [3.05, 3.63) is 107 Å². The molecule has 0 radical (unpaired) electrons. The van der Waals surface area contributed by atoms with Crippen LogP contribution in [0.2, 0.25) is 0 Å². The van der Waals surface area contributed by atoms with E-state index in [9.17, 15) is 4.79 Å². The molecule has 0 aliphatic carbocycles. The Morgan fingerprint density at radius 1 is 1.00 bits per heavy atom. The Bertz CT molecular complexity index is 1460. The van der Waals surface area contributed by atoms with Crippen molar-refractivity contribution in [3.8, 4) is 17.1 Å². The number of methoxy groups -OCH3 is 1. The molecule has 0 spiro atoms. The third-order valence-electron chi connectivity index (χ3n) is 6.73. The van der Waals surface area contributed by atoms with E-state index < -0.39 is 6.04 Å². The highest BCUT2D eigenvalue weighted by molar-refractivity contribution is 5.87. The zero-order valence-electron chi connectivity index (χ0n) is 21.5. The minimum absolute atomic E-state index is 0.188. The Kier molecular flexibility index (Phi) is 6.77. The van der Waals surface area contributed by atoms with Gasteiger partial charge in [-0.15, -0.1) is 0 Å². The van der Waals surface area contributed by atoms with Crippen molar-refractivity contribution in [2.75, 3.05) is 7.11 Å². The minimum atomic E-state index is -0.480. The van der Waals surface area contributed by atoms with Crippen LogP contribution in [0.3, 0.4) is 0 Å².